The molecule has 0 saturated carbocycles. The normalized spacial score (nSPS) is 10.1. The topological polar surface area (TPSA) is 56.4 Å². The number of hydrogen-bond donors (Lipinski definition) is 0. The number of nitrogens with zero attached hydrogens (tertiary/aromatic N) is 4. The molecule has 0 heterocycles. The Morgan fingerprint density at radius 3 is 0.566 bits per heavy atom. The third-order valence-corrected chi connectivity index (χ3v) is 8.22. The van der Waals surface area contributed by atoms with Crippen LogP contribution in [0, 0.1) is 0 Å². The van der Waals surface area contributed by atoms with Crippen molar-refractivity contribution in [1.29, 1.82) is 0 Å². The summed E-state index contributed by atoms with van der Waals surface area (Å²) in [5.74, 6) is 0. The Balaban J connectivity index is 0.000000178. The Hall–Kier alpha value is -6.16. The summed E-state index contributed by atoms with van der Waals surface area (Å²) in [6.07, 6.45) is 0. The summed E-state index contributed by atoms with van der Waals surface area (Å²) in [5, 5.41) is 19.3. The molecule has 0 fully saturated rings. The molecule has 4 nitrogen and oxygen atoms in total. The van der Waals surface area contributed by atoms with Crippen molar-refractivity contribution < 1.29 is 26.2 Å². The van der Waals surface area contributed by atoms with Crippen molar-refractivity contribution in [3.8, 4) is 22.3 Å². The van der Waals surface area contributed by atoms with Gasteiger partial charge in [-0.05, 0) is 22.3 Å². The van der Waals surface area contributed by atoms with E-state index in [9.17, 15) is 0 Å². The molecule has 0 unspecified atom stereocenters. The van der Waals surface area contributed by atoms with E-state index in [0.717, 1.165) is 67.8 Å². The van der Waals surface area contributed by atoms with Crippen LogP contribution < -0.4 is 0 Å². The molecule has 0 amide bonds. The van der Waals surface area contributed by atoms with Crippen LogP contribution in [0.2, 0.25) is 0 Å². The monoisotopic (exact) mass is 758 g/mol. The molecule has 0 radical (unpaired) electrons. The van der Waals surface area contributed by atoms with E-state index in [4.69, 9.17) is 21.3 Å². The van der Waals surface area contributed by atoms with Gasteiger partial charge < -0.3 is 21.3 Å². The fourth-order valence-electron chi connectivity index (χ4n) is 5.76. The van der Waals surface area contributed by atoms with Gasteiger partial charge in [-0.1, -0.05) is 218 Å². The second kappa shape index (κ2) is 18.9. The average Bonchev–Trinajstić information content (AvgIpc) is 3.21. The first-order valence-electron chi connectivity index (χ1n) is 17.2. The van der Waals surface area contributed by atoms with E-state index in [2.05, 4.69) is 24.3 Å². The van der Waals surface area contributed by atoms with Gasteiger partial charge in [-0.3, -0.25) is 0 Å². The molecule has 8 aromatic rings. The van der Waals surface area contributed by atoms with E-state index in [0.29, 0.717) is 0 Å². The zero-order chi connectivity index (χ0) is 35.2. The molecule has 0 aliphatic heterocycles. The minimum atomic E-state index is 0. The number of benzene rings is 8. The van der Waals surface area contributed by atoms with E-state index in [1.54, 1.807) is 0 Å². The number of para-hydroxylation sites is 8. The summed E-state index contributed by atoms with van der Waals surface area (Å²) in [7, 11) is 0. The molecule has 0 saturated heterocycles. The van der Waals surface area contributed by atoms with Crippen LogP contribution in [0.25, 0.3) is 43.5 Å². The van der Waals surface area contributed by atoms with Crippen LogP contribution in [-0.2, 0) is 26.2 Å². The predicted octanol–water partition coefficient (Wildman–Crippen LogP) is 16.1. The van der Waals surface area contributed by atoms with Gasteiger partial charge in [-0.25, -0.2) is 0 Å². The van der Waals surface area contributed by atoms with Gasteiger partial charge in [0.15, 0.2) is 0 Å². The number of rotatable bonds is 10. The molecule has 8 rings (SSSR count). The molecule has 5 heteroatoms. The van der Waals surface area contributed by atoms with Gasteiger partial charge in [0.2, 0.25) is 0 Å². The van der Waals surface area contributed by atoms with Crippen LogP contribution in [0.3, 0.4) is 0 Å². The summed E-state index contributed by atoms with van der Waals surface area (Å²) in [5.41, 5.74) is 11.8. The summed E-state index contributed by atoms with van der Waals surface area (Å²) in [4.78, 5) is 0. The van der Waals surface area contributed by atoms with E-state index in [-0.39, 0.29) is 26.2 Å². The van der Waals surface area contributed by atoms with Crippen molar-refractivity contribution in [1.82, 2.24) is 0 Å². The van der Waals surface area contributed by atoms with Gasteiger partial charge in [-0.15, -0.1) is 45.5 Å². The Kier molecular flexibility index (Phi) is 13.1. The maximum absolute atomic E-state index is 4.82. The minimum absolute atomic E-state index is 0. The van der Waals surface area contributed by atoms with Crippen LogP contribution in [-0.4, -0.2) is 0 Å². The Labute approximate surface area is 331 Å². The van der Waals surface area contributed by atoms with Crippen LogP contribution in [0.15, 0.2) is 218 Å². The molecule has 8 aromatic carbocycles. The van der Waals surface area contributed by atoms with Crippen LogP contribution in [0.5, 0.6) is 0 Å². The van der Waals surface area contributed by atoms with E-state index < -0.39 is 0 Å². The summed E-state index contributed by atoms with van der Waals surface area (Å²) >= 11 is 0. The largest absolute Gasteiger partial charge is 4.00 e. The molecule has 0 N–H and O–H groups in total. The quantitative estimate of drug-likeness (QED) is 0.133. The SMILES string of the molecule is [Zr+4].c1ccc([N-]c2ccccc2-c2ccccc2[N-]c2ccccc2)cc1.c1ccc([N-]c2ccccc2-c2ccccc2[N-]c2ccccc2)cc1. The van der Waals surface area contributed by atoms with E-state index >= 15 is 0 Å². The average molecular weight is 760 g/mol. The van der Waals surface area contributed by atoms with Crippen LogP contribution in [0.1, 0.15) is 0 Å². The van der Waals surface area contributed by atoms with Crippen molar-refractivity contribution in [2.75, 3.05) is 0 Å². The summed E-state index contributed by atoms with van der Waals surface area (Å²) in [6.45, 7) is 0. The summed E-state index contributed by atoms with van der Waals surface area (Å²) in [6, 6.07) is 72.9. The van der Waals surface area contributed by atoms with Crippen LogP contribution in [0.4, 0.5) is 45.5 Å². The number of hydrogen-bond acceptors (Lipinski definition) is 0. The van der Waals surface area contributed by atoms with E-state index in [1.807, 2.05) is 194 Å². The first kappa shape index (κ1) is 36.6. The molecule has 0 atom stereocenters. The minimum Gasteiger partial charge on any atom is -0.657 e. The van der Waals surface area contributed by atoms with Gasteiger partial charge in [0.05, 0.1) is 0 Å². The fraction of sp³-hybridized carbons (Fsp3) is 0. The third kappa shape index (κ3) is 10.0. The van der Waals surface area contributed by atoms with E-state index in [1.165, 1.54) is 0 Å². The zero-order valence-electron chi connectivity index (χ0n) is 29.1. The molecule has 0 spiro atoms. The first-order chi connectivity index (χ1) is 25.8. The molecule has 0 bridgehead atoms. The van der Waals surface area contributed by atoms with Crippen molar-refractivity contribution in [3.05, 3.63) is 240 Å². The predicted molar refractivity (Wildman–Crippen MR) is 220 cm³/mol. The first-order valence-corrected chi connectivity index (χ1v) is 17.2. The van der Waals surface area contributed by atoms with Crippen molar-refractivity contribution in [2.24, 2.45) is 0 Å². The maximum Gasteiger partial charge on any atom is 4.00 e. The Morgan fingerprint density at radius 1 is 0.189 bits per heavy atom. The fourth-order valence-corrected chi connectivity index (χ4v) is 5.76. The summed E-state index contributed by atoms with van der Waals surface area (Å²) < 4.78 is 0. The molecular weight excluding hydrogens is 724 g/mol. The molecule has 0 aliphatic carbocycles. The third-order valence-electron chi connectivity index (χ3n) is 8.22. The second-order valence-corrected chi connectivity index (χ2v) is 11.9. The van der Waals surface area contributed by atoms with Gasteiger partial charge in [0.25, 0.3) is 0 Å². The molecule has 53 heavy (non-hydrogen) atoms. The van der Waals surface area contributed by atoms with Gasteiger partial charge in [0, 0.05) is 0 Å². The van der Waals surface area contributed by atoms with Gasteiger partial charge >= 0.3 is 26.2 Å². The van der Waals surface area contributed by atoms with Gasteiger partial charge in [-0.2, -0.15) is 0 Å². The van der Waals surface area contributed by atoms with Crippen molar-refractivity contribution in [2.45, 2.75) is 0 Å². The second-order valence-electron chi connectivity index (χ2n) is 11.9. The van der Waals surface area contributed by atoms with Gasteiger partial charge in [0.1, 0.15) is 0 Å². The molecule has 0 aromatic heterocycles. The standard InChI is InChI=1S/2C24H18N2.Zr/c2*1-3-11-19(12-4-1)25-23-17-9-7-15-21(23)22-16-8-10-18-24(22)26-20-13-5-2-6-14-20;/h2*1-18H;/q2*-2;+4. The maximum atomic E-state index is 4.82. The molecule has 0 aliphatic rings. The Morgan fingerprint density at radius 2 is 0.358 bits per heavy atom. The van der Waals surface area contributed by atoms with Crippen molar-refractivity contribution >= 4 is 45.5 Å². The zero-order valence-corrected chi connectivity index (χ0v) is 31.5. The molecular formula is C48H36N4Zr. The Bertz CT molecular complexity index is 1970. The molecule has 252 valence electrons. The van der Waals surface area contributed by atoms with Crippen LogP contribution >= 0.6 is 0 Å². The smallest absolute Gasteiger partial charge is 0.657 e. The van der Waals surface area contributed by atoms with Crippen molar-refractivity contribution in [3.63, 3.8) is 0 Å².